The predicted molar refractivity (Wildman–Crippen MR) is 142 cm³/mol. The highest BCUT2D eigenvalue weighted by Crippen LogP contribution is 2.29. The minimum Gasteiger partial charge on any atom is -0.445 e. The number of nitrogens with zero attached hydrogens (tertiary/aromatic N) is 1. The molecule has 12 nitrogen and oxygen atoms in total. The van der Waals surface area contributed by atoms with E-state index in [1.54, 1.807) is 0 Å². The molecule has 3 amide bonds. The number of likely N-dealkylation sites (tertiary alicyclic amines) is 1. The third-order valence-corrected chi connectivity index (χ3v) is 7.05. The van der Waals surface area contributed by atoms with Crippen molar-refractivity contribution in [3.05, 3.63) is 41.8 Å². The van der Waals surface area contributed by atoms with Gasteiger partial charge in [-0.15, -0.1) is 0 Å². The molecule has 4 N–H and O–H groups in total. The maximum absolute atomic E-state index is 13.1. The minimum absolute atomic E-state index is 0.172. The first kappa shape index (κ1) is 30.9. The summed E-state index contributed by atoms with van der Waals surface area (Å²) in [6.45, 7) is 2.30. The molecule has 3 rings (SSSR count). The van der Waals surface area contributed by atoms with Crippen LogP contribution in [0, 0.1) is 5.92 Å². The van der Waals surface area contributed by atoms with Crippen LogP contribution in [0.3, 0.4) is 0 Å². The zero-order valence-electron chi connectivity index (χ0n) is 22.9. The maximum Gasteiger partial charge on any atom is 0.407 e. The SMILES string of the molecule is COC1CC(=O)[C](C(=O)[C@@H]2CCCN2C(=O)[C@H](C)NC(=O)[C@@H](N)CCCCNC(=O)OCc2ccccc2)C1=O. The van der Waals surface area contributed by atoms with Gasteiger partial charge in [0.1, 0.15) is 18.8 Å². The third-order valence-electron chi connectivity index (χ3n) is 7.05. The fraction of sp³-hybridized carbons (Fsp3) is 0.536. The smallest absolute Gasteiger partial charge is 0.407 e. The first-order valence-electron chi connectivity index (χ1n) is 13.5. The number of unbranched alkanes of at least 4 members (excludes halogenated alkanes) is 1. The van der Waals surface area contributed by atoms with E-state index in [-0.39, 0.29) is 19.6 Å². The number of Topliss-reactive ketones (excluding diaryl/α,β-unsaturated/α-hetero) is 3. The average Bonchev–Trinajstić information content (AvgIpc) is 3.55. The summed E-state index contributed by atoms with van der Waals surface area (Å²) in [7, 11) is 1.30. The molecule has 40 heavy (non-hydrogen) atoms. The van der Waals surface area contributed by atoms with Gasteiger partial charge in [-0.05, 0) is 44.6 Å². The zero-order valence-corrected chi connectivity index (χ0v) is 22.9. The molecule has 2 fully saturated rings. The number of nitrogens with two attached hydrogens (primary N) is 1. The number of ketones is 3. The lowest BCUT2D eigenvalue weighted by Gasteiger charge is -2.28. The van der Waals surface area contributed by atoms with Crippen LogP contribution in [0.4, 0.5) is 4.79 Å². The van der Waals surface area contributed by atoms with Crippen LogP contribution in [0.2, 0.25) is 0 Å². The van der Waals surface area contributed by atoms with Crippen LogP contribution >= 0.6 is 0 Å². The van der Waals surface area contributed by atoms with Crippen LogP contribution in [-0.2, 0) is 40.1 Å². The van der Waals surface area contributed by atoms with Crippen LogP contribution in [0.1, 0.15) is 51.0 Å². The highest BCUT2D eigenvalue weighted by Gasteiger charge is 2.51. The van der Waals surface area contributed by atoms with Gasteiger partial charge in [-0.25, -0.2) is 4.79 Å². The topological polar surface area (TPSA) is 174 Å². The summed E-state index contributed by atoms with van der Waals surface area (Å²) in [5.41, 5.74) is 6.88. The molecule has 4 atom stereocenters. The molecule has 1 heterocycles. The fourth-order valence-electron chi connectivity index (χ4n) is 4.80. The van der Waals surface area contributed by atoms with Gasteiger partial charge in [-0.2, -0.15) is 0 Å². The highest BCUT2D eigenvalue weighted by atomic mass is 16.5. The third kappa shape index (κ3) is 7.95. The number of benzene rings is 1. The molecule has 2 aliphatic rings. The lowest BCUT2D eigenvalue weighted by atomic mass is 9.93. The average molecular weight is 558 g/mol. The number of methoxy groups -OCH3 is 1. The van der Waals surface area contributed by atoms with Gasteiger partial charge in [-0.1, -0.05) is 30.3 Å². The van der Waals surface area contributed by atoms with Gasteiger partial charge in [0.05, 0.1) is 12.1 Å². The molecular weight excluding hydrogens is 520 g/mol. The Morgan fingerprint density at radius 3 is 2.52 bits per heavy atom. The quantitative estimate of drug-likeness (QED) is 0.294. The molecule has 0 bridgehead atoms. The summed E-state index contributed by atoms with van der Waals surface area (Å²) in [6, 6.07) is 6.54. The first-order valence-corrected chi connectivity index (χ1v) is 13.5. The van der Waals surface area contributed by atoms with Crippen molar-refractivity contribution in [3.8, 4) is 0 Å². The molecule has 1 saturated heterocycles. The van der Waals surface area contributed by atoms with Gasteiger partial charge in [0, 0.05) is 26.6 Å². The van der Waals surface area contributed by atoms with Gasteiger partial charge < -0.3 is 30.7 Å². The Morgan fingerprint density at radius 1 is 1.12 bits per heavy atom. The summed E-state index contributed by atoms with van der Waals surface area (Å²) in [4.78, 5) is 76.5. The van der Waals surface area contributed by atoms with Crippen LogP contribution < -0.4 is 16.4 Å². The number of amides is 3. The monoisotopic (exact) mass is 557 g/mol. The summed E-state index contributed by atoms with van der Waals surface area (Å²) in [5.74, 6) is -3.33. The molecule has 1 aromatic carbocycles. The van der Waals surface area contributed by atoms with Crippen molar-refractivity contribution in [2.75, 3.05) is 20.2 Å². The zero-order chi connectivity index (χ0) is 29.2. The Labute approximate surface area is 233 Å². The Balaban J connectivity index is 1.38. The molecule has 1 unspecified atom stereocenters. The predicted octanol–water partition coefficient (Wildman–Crippen LogP) is 0.607. The second-order valence-corrected chi connectivity index (χ2v) is 9.97. The van der Waals surface area contributed by atoms with E-state index in [1.165, 1.54) is 18.9 Å². The number of carbonyl (C=O) groups excluding carboxylic acids is 6. The number of ether oxygens (including phenoxy) is 2. The van der Waals surface area contributed by atoms with Crippen LogP contribution in [0.5, 0.6) is 0 Å². The normalized spacial score (nSPS) is 20.7. The van der Waals surface area contributed by atoms with Crippen molar-refractivity contribution in [1.29, 1.82) is 0 Å². The van der Waals surface area contributed by atoms with Gasteiger partial charge in [0.2, 0.25) is 11.8 Å². The van der Waals surface area contributed by atoms with Crippen molar-refractivity contribution >= 4 is 35.3 Å². The van der Waals surface area contributed by atoms with E-state index in [4.69, 9.17) is 15.2 Å². The summed E-state index contributed by atoms with van der Waals surface area (Å²) < 4.78 is 10.1. The number of hydrogen-bond donors (Lipinski definition) is 3. The molecule has 1 aliphatic heterocycles. The number of alkyl carbamates (subject to hydrolysis) is 1. The number of nitrogens with one attached hydrogen (secondary N) is 2. The second kappa shape index (κ2) is 14.7. The van der Waals surface area contributed by atoms with Crippen molar-refractivity contribution in [2.24, 2.45) is 5.73 Å². The maximum atomic E-state index is 13.1. The molecule has 1 radical (unpaired) electrons. The molecule has 0 aromatic heterocycles. The largest absolute Gasteiger partial charge is 0.445 e. The molecule has 1 aliphatic carbocycles. The lowest BCUT2D eigenvalue weighted by molar-refractivity contribution is -0.141. The van der Waals surface area contributed by atoms with Crippen molar-refractivity contribution in [2.45, 2.75) is 76.3 Å². The first-order chi connectivity index (χ1) is 19.1. The van der Waals surface area contributed by atoms with Gasteiger partial charge in [-0.3, -0.25) is 24.0 Å². The van der Waals surface area contributed by atoms with Gasteiger partial charge in [0.15, 0.2) is 23.3 Å². The van der Waals surface area contributed by atoms with Crippen molar-refractivity contribution < 1.29 is 38.2 Å². The van der Waals surface area contributed by atoms with Crippen molar-refractivity contribution in [1.82, 2.24) is 15.5 Å². The molecule has 1 saturated carbocycles. The molecular formula is C28H37N4O8. The van der Waals surface area contributed by atoms with E-state index in [0.717, 1.165) is 5.56 Å². The summed E-state index contributed by atoms with van der Waals surface area (Å²) in [5, 5.41) is 5.24. The van der Waals surface area contributed by atoms with Gasteiger partial charge in [0.25, 0.3) is 0 Å². The van der Waals surface area contributed by atoms with Crippen LogP contribution in [0.25, 0.3) is 0 Å². The Kier molecular flexibility index (Phi) is 11.3. The Morgan fingerprint density at radius 2 is 1.85 bits per heavy atom. The fourth-order valence-corrected chi connectivity index (χ4v) is 4.80. The summed E-state index contributed by atoms with van der Waals surface area (Å²) in [6.07, 6.45) is 0.628. The molecule has 217 valence electrons. The Hall–Kier alpha value is -3.64. The van der Waals surface area contributed by atoms with Crippen molar-refractivity contribution in [3.63, 3.8) is 0 Å². The van der Waals surface area contributed by atoms with E-state index in [2.05, 4.69) is 10.6 Å². The van der Waals surface area contributed by atoms with E-state index >= 15 is 0 Å². The van der Waals surface area contributed by atoms with Gasteiger partial charge >= 0.3 is 6.09 Å². The van der Waals surface area contributed by atoms with E-state index in [1.807, 2.05) is 30.3 Å². The van der Waals surface area contributed by atoms with E-state index in [9.17, 15) is 28.8 Å². The second-order valence-electron chi connectivity index (χ2n) is 9.97. The van der Waals surface area contributed by atoms with E-state index < -0.39 is 65.4 Å². The minimum atomic E-state index is -0.971. The molecule has 12 heteroatoms. The van der Waals surface area contributed by atoms with Crippen LogP contribution in [0.15, 0.2) is 30.3 Å². The summed E-state index contributed by atoms with van der Waals surface area (Å²) >= 11 is 0. The number of carbonyl (C=O) groups is 6. The van der Waals surface area contributed by atoms with E-state index in [0.29, 0.717) is 38.6 Å². The number of hydrogen-bond acceptors (Lipinski definition) is 9. The number of rotatable bonds is 13. The molecule has 1 aromatic rings. The lowest BCUT2D eigenvalue weighted by Crippen LogP contribution is -2.54. The standard InChI is InChI=1S/C28H37N4O8/c1-17(27(37)32-14-8-12-20(32)24(34)23-21(33)15-22(39-2)25(23)35)31-26(36)19(29)11-6-7-13-30-28(38)40-16-18-9-4-3-5-10-18/h3-5,9-10,17,19-20,22H,6-8,11-16,29H2,1-2H3,(H,30,38)(H,31,36)/t17-,19-,20-,22?/m0/s1. The molecule has 0 spiro atoms. The Bertz CT molecular complexity index is 1100. The van der Waals surface area contributed by atoms with Crippen LogP contribution in [-0.4, -0.2) is 84.6 Å². The highest BCUT2D eigenvalue weighted by molar-refractivity contribution is 6.40.